The summed E-state index contributed by atoms with van der Waals surface area (Å²) < 4.78 is 34.2. The summed E-state index contributed by atoms with van der Waals surface area (Å²) in [7, 11) is 4.04. The molecule has 130 heavy (non-hydrogen) atoms. The maximum absolute atomic E-state index is 5.85. The molecule has 0 amide bonds. The zero-order valence-corrected chi connectivity index (χ0v) is 74.6. The van der Waals surface area contributed by atoms with E-state index in [9.17, 15) is 0 Å². The van der Waals surface area contributed by atoms with Gasteiger partial charge in [-0.2, -0.15) is 17.2 Å². The zero-order chi connectivity index (χ0) is 84.2. The van der Waals surface area contributed by atoms with E-state index in [1.165, 1.54) is 29.5 Å². The van der Waals surface area contributed by atoms with Gasteiger partial charge in [-0.15, -0.1) is 173 Å². The van der Waals surface area contributed by atoms with Crippen molar-refractivity contribution in [2.45, 2.75) is 0 Å². The van der Waals surface area contributed by atoms with Gasteiger partial charge in [-0.3, -0.25) is 10.8 Å². The number of rotatable bonds is 17. The van der Waals surface area contributed by atoms with E-state index in [2.05, 4.69) is 233 Å². The Morgan fingerprint density at radius 2 is 1.15 bits per heavy atom. The van der Waals surface area contributed by atoms with Gasteiger partial charge < -0.3 is 65.3 Å². The van der Waals surface area contributed by atoms with Crippen LogP contribution in [0, 0.1) is 48.5 Å². The standard InChI is InChI=1S/C32H20N4O.C28H17N3.C27H21N5O2.C18H10N4OS.4Mn/c1-2-10-25(11-3-1)36(27-13-4-8-24(20-27)29-15-6-16-30-31(29)34-22-37-30)28-14-5-12-26(21-28)35-19-17-23-9-7-18-33-32(23)35;1-2-13-27-23(10-1)24-15-14-21(26-12-4-6-17-30-26)19-28(24)31(27)22-9-7-8-20(18-22)25-11-3-5-16-29-25;1-30-15-23(25-26(30)31(2)17-28-25)19-8-6-12-22(14-19)32(21-10-4-3-5-11-21)13-7-9-20-16-33-27-24(20)29-18-34-27;1-3-13(9-14(4-1)22-7-2-6-20-22)21-8-5-17-16(21)10-18(23-17)15-11-24-12-19-15;;;;/h1-19,22H;1-17H;3-6,8-12,15-18H,13H2,1-2H3;1-8,11-12H;;;;/q4*-2;3*+2;+3. The zero-order valence-electron chi connectivity index (χ0n) is 69.1. The third-order valence-electron chi connectivity index (χ3n) is 21.5. The summed E-state index contributed by atoms with van der Waals surface area (Å²) in [5, 5.41) is 9.64. The number of imidazole rings is 1. The molecule has 20 nitrogen and oxygen atoms in total. The molecule has 24 aromatic rings. The molecule has 25 heteroatoms. The van der Waals surface area contributed by atoms with Gasteiger partial charge in [-0.25, -0.2) is 26.0 Å². The first kappa shape index (κ1) is 87.1. The number of hydrogen-bond acceptors (Lipinski definition) is 14. The first-order chi connectivity index (χ1) is 62.3. The third-order valence-corrected chi connectivity index (χ3v) is 22.1. The Morgan fingerprint density at radius 3 is 1.94 bits per heavy atom. The van der Waals surface area contributed by atoms with E-state index in [1.807, 2.05) is 236 Å². The molecule has 24 rings (SSSR count). The van der Waals surface area contributed by atoms with Gasteiger partial charge in [0.15, 0.2) is 12.8 Å². The van der Waals surface area contributed by atoms with Crippen molar-refractivity contribution in [1.29, 1.82) is 0 Å². The van der Waals surface area contributed by atoms with Gasteiger partial charge >= 0.3 is 68.3 Å². The quantitative estimate of drug-likeness (QED) is 0.0475. The van der Waals surface area contributed by atoms with Gasteiger partial charge in [-0.05, 0) is 148 Å². The van der Waals surface area contributed by atoms with Crippen LogP contribution in [0.5, 0.6) is 0 Å². The van der Waals surface area contributed by atoms with Crippen molar-refractivity contribution in [2.75, 3.05) is 16.3 Å². The average molecular weight is 1870 g/mol. The Hall–Kier alpha value is -15.0. The molecule has 0 fully saturated rings. The van der Waals surface area contributed by atoms with Crippen LogP contribution in [0.25, 0.3) is 163 Å². The maximum atomic E-state index is 5.85. The van der Waals surface area contributed by atoms with Gasteiger partial charge in [0.05, 0.1) is 28.4 Å². The maximum Gasteiger partial charge on any atom is 3.00 e. The summed E-state index contributed by atoms with van der Waals surface area (Å²) in [5.74, 6) is 1.07. The van der Waals surface area contributed by atoms with Crippen molar-refractivity contribution in [3.05, 3.63) is 413 Å². The molecule has 0 spiro atoms. The molecular formula is C105H68Mn4N16O4S+. The number of oxazole rings is 2. The smallest absolute Gasteiger partial charge is 0.536 e. The van der Waals surface area contributed by atoms with Crippen LogP contribution in [0.3, 0.4) is 0 Å². The van der Waals surface area contributed by atoms with Gasteiger partial charge in [0.2, 0.25) is 0 Å². The summed E-state index contributed by atoms with van der Waals surface area (Å²) in [6.07, 6.45) is 26.8. The fourth-order valence-electron chi connectivity index (χ4n) is 15.7. The van der Waals surface area contributed by atoms with Crippen molar-refractivity contribution in [3.8, 4) is 79.0 Å². The normalized spacial score (nSPS) is 11.1. The molecule has 625 valence electrons. The number of nitrogens with zero attached hydrogens (tertiary/aromatic N) is 16. The van der Waals surface area contributed by atoms with Crippen LogP contribution in [0.1, 0.15) is 5.56 Å². The molecule has 0 aliphatic carbocycles. The van der Waals surface area contributed by atoms with Crippen molar-refractivity contribution >= 4 is 123 Å². The second kappa shape index (κ2) is 39.1. The molecule has 14 heterocycles. The molecule has 0 saturated carbocycles. The second-order valence-corrected chi connectivity index (χ2v) is 30.0. The number of fused-ring (bicyclic) bond motifs is 8. The molecule has 3 radical (unpaired) electrons. The Kier molecular flexibility index (Phi) is 26.2. The average Bonchev–Trinajstić information content (AvgIpc) is 1.59. The SMILES string of the molecule is Cn1cc(-c2[c-]c(N(C[C-]=Cc3coc4ocnc34)c3ccccc3)ccc2)c2[n-]c[n+](C)c21.[Mn+2].[Mn+2].[Mn+2].[Mn+3].[c-]1c(-c2cccc3ocnc23)cccc1N(c1[c-]c(-n2ccc3cccnc32)ccc1)c1ccccc1.[c-]1c(-c2ccccn2)cccc1-n1c2[c-]c(-c3ccccn3)ccc2c2ccccc21.[c-]1c(-n2cccn2)cccc1-n1ccc2oc(-c3cscn3)[c-]c21. The molecular weight excluding hydrogens is 1800 g/mol. The van der Waals surface area contributed by atoms with Crippen LogP contribution in [-0.4, -0.2) is 64.5 Å². The van der Waals surface area contributed by atoms with Gasteiger partial charge in [-0.1, -0.05) is 131 Å². The number of hydrogen-bond donors (Lipinski definition) is 0. The number of benzene rings is 10. The van der Waals surface area contributed by atoms with Gasteiger partial charge in [0.1, 0.15) is 16.9 Å². The number of anilines is 5. The molecule has 0 bridgehead atoms. The van der Waals surface area contributed by atoms with E-state index in [4.69, 9.17) is 17.7 Å². The van der Waals surface area contributed by atoms with E-state index < -0.39 is 0 Å². The number of aryl methyl sites for hydroxylation is 2. The molecule has 10 aromatic carbocycles. The molecule has 14 aromatic heterocycles. The number of aromatic nitrogens is 14. The fourth-order valence-corrected chi connectivity index (χ4v) is 16.2. The van der Waals surface area contributed by atoms with E-state index in [-0.39, 0.29) is 68.3 Å². The Bertz CT molecular complexity index is 7980. The summed E-state index contributed by atoms with van der Waals surface area (Å²) in [5.41, 5.74) is 28.6. The van der Waals surface area contributed by atoms with Gasteiger partial charge in [0, 0.05) is 96.9 Å². The summed E-state index contributed by atoms with van der Waals surface area (Å²) >= 11 is 1.53. The molecule has 0 aliphatic heterocycles. The first-order valence-corrected chi connectivity index (χ1v) is 41.3. The van der Waals surface area contributed by atoms with Crippen molar-refractivity contribution in [1.82, 2.24) is 62.9 Å². The Balaban J connectivity index is 0.000000121. The van der Waals surface area contributed by atoms with Crippen molar-refractivity contribution < 1.29 is 90.5 Å². The summed E-state index contributed by atoms with van der Waals surface area (Å²) in [4.78, 5) is 35.4. The third kappa shape index (κ3) is 17.6. The summed E-state index contributed by atoms with van der Waals surface area (Å²) in [6, 6.07) is 116. The summed E-state index contributed by atoms with van der Waals surface area (Å²) in [6.45, 7) is 0.516. The van der Waals surface area contributed by atoms with Gasteiger partial charge in [0.25, 0.3) is 5.78 Å². The minimum absolute atomic E-state index is 0. The molecule has 0 unspecified atom stereocenters. The van der Waals surface area contributed by atoms with Crippen LogP contribution < -0.4 is 19.4 Å². The number of pyridine rings is 3. The van der Waals surface area contributed by atoms with Crippen LogP contribution in [-0.2, 0) is 82.4 Å². The first-order valence-electron chi connectivity index (χ1n) is 40.4. The van der Waals surface area contributed by atoms with Crippen molar-refractivity contribution in [3.63, 3.8) is 0 Å². The number of furan rings is 2. The van der Waals surface area contributed by atoms with Crippen LogP contribution in [0.15, 0.2) is 376 Å². The van der Waals surface area contributed by atoms with Crippen LogP contribution >= 0.6 is 11.3 Å². The Morgan fingerprint density at radius 1 is 0.485 bits per heavy atom. The predicted octanol–water partition coefficient (Wildman–Crippen LogP) is 23.4. The van der Waals surface area contributed by atoms with E-state index >= 15 is 0 Å². The largest absolute Gasteiger partial charge is 3.00 e. The minimum Gasteiger partial charge on any atom is -0.536 e. The molecule has 0 aliphatic rings. The topological polar surface area (TPSA) is 192 Å². The van der Waals surface area contributed by atoms with E-state index in [0.717, 1.165) is 168 Å². The van der Waals surface area contributed by atoms with E-state index in [0.29, 0.717) is 23.6 Å². The van der Waals surface area contributed by atoms with Crippen LogP contribution in [0.4, 0.5) is 28.4 Å². The molecule has 0 atom stereocenters. The van der Waals surface area contributed by atoms with Crippen LogP contribution in [0.2, 0.25) is 0 Å². The second-order valence-electron chi connectivity index (χ2n) is 29.3. The minimum atomic E-state index is 0. The fraction of sp³-hybridized carbons (Fsp3) is 0.0286. The van der Waals surface area contributed by atoms with Crippen molar-refractivity contribution in [2.24, 2.45) is 14.1 Å². The monoisotopic (exact) mass is 1870 g/mol. The molecule has 0 saturated heterocycles. The number of para-hydroxylation sites is 4. The predicted molar refractivity (Wildman–Crippen MR) is 492 cm³/mol. The number of thiazole rings is 1. The van der Waals surface area contributed by atoms with E-state index in [1.54, 1.807) is 22.7 Å². The Labute approximate surface area is 792 Å². The molecule has 0 N–H and O–H groups in total.